The van der Waals surface area contributed by atoms with Crippen LogP contribution < -0.4 is 10.1 Å². The molecule has 0 saturated carbocycles. The Kier molecular flexibility index (Phi) is 6.05. The van der Waals surface area contributed by atoms with E-state index in [0.29, 0.717) is 13.0 Å². The summed E-state index contributed by atoms with van der Waals surface area (Å²) in [5.74, 6) is 0.907. The molecule has 0 aromatic heterocycles. The standard InChI is InChI=1S/C13H18N2O/c1-15-11-12-6-5-7-13(10-12)16-9-4-2-3-8-14/h5-7,10,15H,2-4,9,11H2,1H3. The predicted octanol–water partition coefficient (Wildman–Crippen LogP) is 2.48. The van der Waals surface area contributed by atoms with Gasteiger partial charge in [-0.05, 0) is 37.6 Å². The molecular formula is C13H18N2O. The number of hydrogen-bond acceptors (Lipinski definition) is 3. The fourth-order valence-corrected chi connectivity index (χ4v) is 1.45. The predicted molar refractivity (Wildman–Crippen MR) is 64.2 cm³/mol. The Morgan fingerprint density at radius 3 is 3.00 bits per heavy atom. The normalized spacial score (nSPS) is 9.75. The van der Waals surface area contributed by atoms with Crippen LogP contribution in [0.3, 0.4) is 0 Å². The van der Waals surface area contributed by atoms with Crippen molar-refractivity contribution in [1.82, 2.24) is 5.32 Å². The average molecular weight is 218 g/mol. The van der Waals surface area contributed by atoms with Gasteiger partial charge in [0.15, 0.2) is 0 Å². The van der Waals surface area contributed by atoms with Crippen molar-refractivity contribution in [3.8, 4) is 11.8 Å². The fraction of sp³-hybridized carbons (Fsp3) is 0.462. The number of benzene rings is 1. The Labute approximate surface area is 97.0 Å². The second kappa shape index (κ2) is 7.72. The Morgan fingerprint density at radius 2 is 2.25 bits per heavy atom. The summed E-state index contributed by atoms with van der Waals surface area (Å²) in [6, 6.07) is 10.2. The van der Waals surface area contributed by atoms with Crippen LogP contribution in [0.4, 0.5) is 0 Å². The molecule has 86 valence electrons. The highest BCUT2D eigenvalue weighted by atomic mass is 16.5. The molecule has 1 aromatic carbocycles. The molecule has 0 aliphatic rings. The molecule has 1 rings (SSSR count). The molecule has 0 atom stereocenters. The van der Waals surface area contributed by atoms with Crippen molar-refractivity contribution in [1.29, 1.82) is 5.26 Å². The Hall–Kier alpha value is -1.53. The first-order chi connectivity index (χ1) is 7.86. The minimum Gasteiger partial charge on any atom is -0.494 e. The maximum Gasteiger partial charge on any atom is 0.119 e. The van der Waals surface area contributed by atoms with Crippen LogP contribution in [-0.2, 0) is 6.54 Å². The highest BCUT2D eigenvalue weighted by Crippen LogP contribution is 2.13. The van der Waals surface area contributed by atoms with Crippen LogP contribution in [0.5, 0.6) is 5.75 Å². The van der Waals surface area contributed by atoms with Crippen LogP contribution in [0.15, 0.2) is 24.3 Å². The van der Waals surface area contributed by atoms with Gasteiger partial charge in [-0.25, -0.2) is 0 Å². The van der Waals surface area contributed by atoms with Crippen molar-refractivity contribution >= 4 is 0 Å². The summed E-state index contributed by atoms with van der Waals surface area (Å²) in [4.78, 5) is 0. The molecule has 1 aromatic rings. The summed E-state index contributed by atoms with van der Waals surface area (Å²) >= 11 is 0. The van der Waals surface area contributed by atoms with Crippen molar-refractivity contribution in [2.45, 2.75) is 25.8 Å². The smallest absolute Gasteiger partial charge is 0.119 e. The minimum absolute atomic E-state index is 0.614. The molecule has 16 heavy (non-hydrogen) atoms. The van der Waals surface area contributed by atoms with Gasteiger partial charge in [-0.1, -0.05) is 12.1 Å². The maximum absolute atomic E-state index is 8.38. The number of ether oxygens (including phenoxy) is 1. The van der Waals surface area contributed by atoms with E-state index in [0.717, 1.165) is 25.1 Å². The lowest BCUT2D eigenvalue weighted by Gasteiger charge is -2.07. The third-order valence-electron chi connectivity index (χ3n) is 2.23. The monoisotopic (exact) mass is 218 g/mol. The Balaban J connectivity index is 2.30. The number of nitrogens with zero attached hydrogens (tertiary/aromatic N) is 1. The summed E-state index contributed by atoms with van der Waals surface area (Å²) < 4.78 is 5.60. The topological polar surface area (TPSA) is 45.0 Å². The summed E-state index contributed by atoms with van der Waals surface area (Å²) in [6.45, 7) is 1.54. The van der Waals surface area contributed by atoms with Gasteiger partial charge in [0.25, 0.3) is 0 Å². The highest BCUT2D eigenvalue weighted by Gasteiger charge is 1.96. The third kappa shape index (κ3) is 4.81. The largest absolute Gasteiger partial charge is 0.494 e. The number of nitrogens with one attached hydrogen (secondary N) is 1. The second-order valence-electron chi connectivity index (χ2n) is 3.64. The maximum atomic E-state index is 8.38. The van der Waals surface area contributed by atoms with E-state index >= 15 is 0 Å². The van der Waals surface area contributed by atoms with Crippen LogP contribution >= 0.6 is 0 Å². The molecule has 0 bridgehead atoms. The second-order valence-corrected chi connectivity index (χ2v) is 3.64. The van der Waals surface area contributed by atoms with E-state index in [1.807, 2.05) is 25.2 Å². The Bertz CT molecular complexity index is 344. The van der Waals surface area contributed by atoms with Crippen molar-refractivity contribution in [2.75, 3.05) is 13.7 Å². The van der Waals surface area contributed by atoms with E-state index in [1.54, 1.807) is 0 Å². The SMILES string of the molecule is CNCc1cccc(OCCCCC#N)c1. The highest BCUT2D eigenvalue weighted by molar-refractivity contribution is 5.28. The first kappa shape index (κ1) is 12.5. The first-order valence-corrected chi connectivity index (χ1v) is 5.60. The zero-order valence-corrected chi connectivity index (χ0v) is 9.70. The van der Waals surface area contributed by atoms with Gasteiger partial charge in [-0.15, -0.1) is 0 Å². The summed E-state index contributed by atoms with van der Waals surface area (Å²) in [5, 5.41) is 11.5. The lowest BCUT2D eigenvalue weighted by atomic mass is 10.2. The molecular weight excluding hydrogens is 200 g/mol. The molecule has 0 unspecified atom stereocenters. The van der Waals surface area contributed by atoms with Crippen molar-refractivity contribution in [2.24, 2.45) is 0 Å². The lowest BCUT2D eigenvalue weighted by molar-refractivity contribution is 0.307. The quantitative estimate of drug-likeness (QED) is 0.715. The van der Waals surface area contributed by atoms with Crippen LogP contribution in [0.25, 0.3) is 0 Å². The number of hydrogen-bond donors (Lipinski definition) is 1. The zero-order valence-electron chi connectivity index (χ0n) is 9.70. The molecule has 1 N–H and O–H groups in total. The summed E-state index contributed by atoms with van der Waals surface area (Å²) in [5.41, 5.74) is 1.22. The molecule has 3 nitrogen and oxygen atoms in total. The van der Waals surface area contributed by atoms with Gasteiger partial charge in [0, 0.05) is 13.0 Å². The van der Waals surface area contributed by atoms with E-state index < -0.39 is 0 Å². The van der Waals surface area contributed by atoms with Crippen molar-refractivity contribution < 1.29 is 4.74 Å². The number of rotatable bonds is 7. The van der Waals surface area contributed by atoms with Gasteiger partial charge in [0.05, 0.1) is 12.7 Å². The van der Waals surface area contributed by atoms with E-state index in [9.17, 15) is 0 Å². The van der Waals surface area contributed by atoms with Gasteiger partial charge < -0.3 is 10.1 Å². The van der Waals surface area contributed by atoms with Crippen molar-refractivity contribution in [3.63, 3.8) is 0 Å². The Morgan fingerprint density at radius 1 is 1.38 bits per heavy atom. The van der Waals surface area contributed by atoms with Crippen molar-refractivity contribution in [3.05, 3.63) is 29.8 Å². The van der Waals surface area contributed by atoms with Gasteiger partial charge in [-0.2, -0.15) is 5.26 Å². The summed E-state index contributed by atoms with van der Waals surface area (Å²) in [6.07, 6.45) is 2.46. The molecule has 0 radical (unpaired) electrons. The molecule has 0 aliphatic heterocycles. The van der Waals surface area contributed by atoms with E-state index in [4.69, 9.17) is 10.00 Å². The molecule has 0 amide bonds. The van der Waals surface area contributed by atoms with Crippen LogP contribution in [0.2, 0.25) is 0 Å². The van der Waals surface area contributed by atoms with E-state index in [-0.39, 0.29) is 0 Å². The minimum atomic E-state index is 0.614. The summed E-state index contributed by atoms with van der Waals surface area (Å²) in [7, 11) is 1.93. The lowest BCUT2D eigenvalue weighted by Crippen LogP contribution is -2.05. The van der Waals surface area contributed by atoms with Gasteiger partial charge >= 0.3 is 0 Å². The van der Waals surface area contributed by atoms with Crippen LogP contribution in [0.1, 0.15) is 24.8 Å². The van der Waals surface area contributed by atoms with Crippen LogP contribution in [-0.4, -0.2) is 13.7 Å². The van der Waals surface area contributed by atoms with E-state index in [1.165, 1.54) is 5.56 Å². The molecule has 0 heterocycles. The van der Waals surface area contributed by atoms with Crippen LogP contribution in [0, 0.1) is 11.3 Å². The molecule has 3 heteroatoms. The van der Waals surface area contributed by atoms with Gasteiger partial charge in [-0.3, -0.25) is 0 Å². The number of nitriles is 1. The van der Waals surface area contributed by atoms with E-state index in [2.05, 4.69) is 17.5 Å². The fourth-order valence-electron chi connectivity index (χ4n) is 1.45. The molecule has 0 saturated heterocycles. The zero-order chi connectivity index (χ0) is 11.6. The molecule has 0 spiro atoms. The van der Waals surface area contributed by atoms with Gasteiger partial charge in [0.1, 0.15) is 5.75 Å². The third-order valence-corrected chi connectivity index (χ3v) is 2.23. The molecule has 0 aliphatic carbocycles. The average Bonchev–Trinajstić information content (AvgIpc) is 2.30. The van der Waals surface area contributed by atoms with Gasteiger partial charge in [0.2, 0.25) is 0 Å². The number of unbranched alkanes of at least 4 members (excludes halogenated alkanes) is 2. The molecule has 0 fully saturated rings. The first-order valence-electron chi connectivity index (χ1n) is 5.60.